The summed E-state index contributed by atoms with van der Waals surface area (Å²) in [5.41, 5.74) is -5.38. The van der Waals surface area contributed by atoms with Gasteiger partial charge < -0.3 is 0 Å². The van der Waals surface area contributed by atoms with Crippen molar-refractivity contribution < 1.29 is 70.2 Å². The zero-order valence-corrected chi connectivity index (χ0v) is 32.8. The van der Waals surface area contributed by atoms with Crippen molar-refractivity contribution in [3.8, 4) is 0 Å². The molecule has 0 nitrogen and oxygen atoms in total. The van der Waals surface area contributed by atoms with E-state index in [1.54, 1.807) is 96.3 Å². The number of hydrogen-bond acceptors (Lipinski definition) is 0. The Morgan fingerprint density at radius 2 is 0.483 bits per heavy atom. The highest BCUT2D eigenvalue weighted by atomic mass is 28.3. The lowest BCUT2D eigenvalue weighted by Crippen LogP contribution is -2.78. The second kappa shape index (κ2) is 18.6. The van der Waals surface area contributed by atoms with E-state index in [-0.39, 0.29) is 8.80 Å². The molecule has 0 saturated heterocycles. The Morgan fingerprint density at radius 3 is 0.683 bits per heavy atom. The van der Waals surface area contributed by atoms with Crippen LogP contribution in [0, 0.1) is 93.1 Å². The van der Waals surface area contributed by atoms with Crippen LogP contribution in [0.5, 0.6) is 0 Å². The molecule has 0 atom stereocenters. The maximum Gasteiger partial charge on any atom is 0.324 e. The zero-order valence-electron chi connectivity index (χ0n) is 31.8. The summed E-state index contributed by atoms with van der Waals surface area (Å²) < 4.78 is 232. The molecular formula is C42H37BF16Si. The molecule has 60 heavy (non-hydrogen) atoms. The highest BCUT2D eigenvalue weighted by Crippen LogP contribution is 2.49. The zero-order chi connectivity index (χ0) is 43.8. The summed E-state index contributed by atoms with van der Waals surface area (Å²) in [5.74, 6) is -44.3. The van der Waals surface area contributed by atoms with E-state index in [1.807, 2.05) is 0 Å². The first-order chi connectivity index (χ1) is 28.4. The van der Waals surface area contributed by atoms with E-state index in [9.17, 15) is 52.7 Å². The monoisotopic (exact) mass is 884 g/mol. The van der Waals surface area contributed by atoms with Gasteiger partial charge in [-0.2, -0.15) is 21.9 Å². The molecule has 3 aliphatic carbocycles. The van der Waals surface area contributed by atoms with Gasteiger partial charge in [-0.3, -0.25) is 0 Å². The van der Waals surface area contributed by atoms with E-state index in [1.165, 1.54) is 16.6 Å². The minimum atomic E-state index is -5.62. The molecular weight excluding hydrogens is 847 g/mol. The van der Waals surface area contributed by atoms with Gasteiger partial charge in [0, 0.05) is 0 Å². The number of rotatable bonds is 7. The summed E-state index contributed by atoms with van der Waals surface area (Å²) in [6, 6.07) is -2.49. The third kappa shape index (κ3) is 8.22. The molecule has 3 aliphatic rings. The molecule has 0 radical (unpaired) electrons. The normalized spacial score (nSPS) is 17.1. The summed E-state index contributed by atoms with van der Waals surface area (Å²) >= 11 is 0. The predicted octanol–water partition coefficient (Wildman–Crippen LogP) is 11.8. The quantitative estimate of drug-likeness (QED) is 0.0751. The molecule has 7 rings (SSSR count). The van der Waals surface area contributed by atoms with Crippen molar-refractivity contribution in [3.05, 3.63) is 117 Å². The second-order valence-electron chi connectivity index (χ2n) is 15.9. The van der Waals surface area contributed by atoms with E-state index >= 15 is 17.6 Å². The smallest absolute Gasteiger partial charge is 0.207 e. The lowest BCUT2D eigenvalue weighted by Gasteiger charge is -2.44. The van der Waals surface area contributed by atoms with Crippen molar-refractivity contribution in [3.63, 3.8) is 0 Å². The van der Waals surface area contributed by atoms with Crippen LogP contribution in [0.3, 0.4) is 0 Å². The van der Waals surface area contributed by atoms with Crippen LogP contribution in [0.1, 0.15) is 96.3 Å². The topological polar surface area (TPSA) is 0 Å². The average Bonchev–Trinajstić information content (AvgIpc) is 3.26. The Balaban J connectivity index is 0.000000263. The third-order valence-electron chi connectivity index (χ3n) is 12.6. The maximum atomic E-state index is 15.3. The van der Waals surface area contributed by atoms with Crippen molar-refractivity contribution in [1.82, 2.24) is 0 Å². The Hall–Kier alpha value is -3.96. The van der Waals surface area contributed by atoms with Gasteiger partial charge in [0.25, 0.3) is 0 Å². The fourth-order valence-corrected chi connectivity index (χ4v) is 15.2. The summed E-state index contributed by atoms with van der Waals surface area (Å²) in [5, 5.41) is 0. The first-order valence-electron chi connectivity index (χ1n) is 19.8. The number of hydrogen-bond donors (Lipinski definition) is 0. The van der Waals surface area contributed by atoms with E-state index in [0.717, 1.165) is 0 Å². The molecule has 3 saturated carbocycles. The van der Waals surface area contributed by atoms with Crippen LogP contribution in [-0.4, -0.2) is 14.9 Å². The molecule has 3 fully saturated rings. The van der Waals surface area contributed by atoms with Crippen LogP contribution in [0.2, 0.25) is 16.6 Å². The van der Waals surface area contributed by atoms with Gasteiger partial charge in [-0.25, -0.2) is 70.2 Å². The van der Waals surface area contributed by atoms with Gasteiger partial charge in [0.1, 0.15) is 29.4 Å². The standard InChI is InChI=1S/C24H4BF16.C18H33Si/c26-9-1-5(13(30)21(38)17(9)34)25(6-2-10(27)18(35)22(39)14(6)31,7-3-11(28)19(36)23(40)15(7)32)8-4-12(29)20(37)24(41)16(8)33;1-4-10-16(11-5-1)19(17-12-6-2-7-13-17)18-14-8-3-9-15-18/h1-4H;16-18H,1-15H2/q-1;+1. The lowest BCUT2D eigenvalue weighted by molar-refractivity contribution is 0.408. The van der Waals surface area contributed by atoms with Crippen molar-refractivity contribution in [2.75, 3.05) is 0 Å². The molecule has 0 heterocycles. The molecule has 0 bridgehead atoms. The van der Waals surface area contributed by atoms with Gasteiger partial charge in [0.2, 0.25) is 0 Å². The maximum absolute atomic E-state index is 15.3. The first kappa shape index (κ1) is 45.6. The van der Waals surface area contributed by atoms with Gasteiger partial charge in [-0.05, 0) is 38.5 Å². The molecule has 0 amide bonds. The minimum Gasteiger partial charge on any atom is -0.207 e. The van der Waals surface area contributed by atoms with Gasteiger partial charge in [-0.15, -0.1) is 0 Å². The molecule has 324 valence electrons. The number of benzene rings is 4. The third-order valence-corrected chi connectivity index (χ3v) is 17.2. The van der Waals surface area contributed by atoms with Gasteiger partial charge in [0.15, 0.2) is 69.8 Å². The van der Waals surface area contributed by atoms with Crippen molar-refractivity contribution >= 4 is 36.8 Å². The highest BCUT2D eigenvalue weighted by molar-refractivity contribution is 7.20. The SMILES string of the molecule is C1CCC([Si+](C2CCCCC2)C2CCCCC2)CC1.Fc1cc([B-](c2cc(F)c(F)c(F)c2F)(c2cc(F)c(F)c(F)c2F)c2cc(F)c(F)c(F)c2F)c(F)c(F)c1F. The van der Waals surface area contributed by atoms with Crippen molar-refractivity contribution in [2.24, 2.45) is 0 Å². The Morgan fingerprint density at radius 1 is 0.283 bits per heavy atom. The molecule has 4 aromatic carbocycles. The van der Waals surface area contributed by atoms with Crippen LogP contribution in [0.4, 0.5) is 70.2 Å². The van der Waals surface area contributed by atoms with Crippen molar-refractivity contribution in [2.45, 2.75) is 113 Å². The molecule has 4 aromatic rings. The molecule has 0 spiro atoms. The highest BCUT2D eigenvalue weighted by Gasteiger charge is 2.51. The fraction of sp³-hybridized carbons (Fsp3) is 0.429. The average molecular weight is 885 g/mol. The lowest BCUT2D eigenvalue weighted by atomic mass is 9.12. The summed E-state index contributed by atoms with van der Waals surface area (Å²) in [7, 11) is -0.0465. The summed E-state index contributed by atoms with van der Waals surface area (Å²) in [4.78, 5) is 0. The largest absolute Gasteiger partial charge is 0.324 e. The molecule has 0 N–H and O–H groups in total. The number of halogens is 16. The van der Waals surface area contributed by atoms with Gasteiger partial charge in [-0.1, -0.05) is 82.1 Å². The molecule has 0 aliphatic heterocycles. The minimum absolute atomic E-state index is 0.0465. The van der Waals surface area contributed by atoms with Crippen molar-refractivity contribution in [1.29, 1.82) is 0 Å². The Kier molecular flexibility index (Phi) is 14.1. The second-order valence-corrected chi connectivity index (χ2v) is 19.4. The van der Waals surface area contributed by atoms with Crippen LogP contribution < -0.4 is 21.9 Å². The van der Waals surface area contributed by atoms with E-state index in [0.29, 0.717) is 0 Å². The summed E-state index contributed by atoms with van der Waals surface area (Å²) in [6.45, 7) is 0. The van der Waals surface area contributed by atoms with E-state index in [4.69, 9.17) is 0 Å². The molecule has 0 unspecified atom stereocenters. The van der Waals surface area contributed by atoms with Crippen LogP contribution in [0.15, 0.2) is 24.3 Å². The molecule has 0 aromatic heterocycles. The Labute approximate surface area is 336 Å². The van der Waals surface area contributed by atoms with E-state index in [2.05, 4.69) is 0 Å². The fourth-order valence-electron chi connectivity index (χ4n) is 9.94. The van der Waals surface area contributed by atoms with Crippen LogP contribution >= 0.6 is 0 Å². The molecule has 18 heteroatoms. The van der Waals surface area contributed by atoms with Crippen LogP contribution in [0.25, 0.3) is 0 Å². The van der Waals surface area contributed by atoms with Gasteiger partial charge >= 0.3 is 8.80 Å². The first-order valence-corrected chi connectivity index (χ1v) is 21.5. The van der Waals surface area contributed by atoms with E-state index < -0.39 is 145 Å². The van der Waals surface area contributed by atoms with Gasteiger partial charge in [0.05, 0.1) is 16.6 Å². The Bertz CT molecular complexity index is 1930. The predicted molar refractivity (Wildman–Crippen MR) is 196 cm³/mol. The van der Waals surface area contributed by atoms with Crippen LogP contribution in [-0.2, 0) is 0 Å². The summed E-state index contributed by atoms with van der Waals surface area (Å²) in [6.07, 6.45) is 18.2.